The van der Waals surface area contributed by atoms with Crippen molar-refractivity contribution < 1.29 is 4.79 Å². The van der Waals surface area contributed by atoms with E-state index in [0.717, 1.165) is 13.0 Å². The van der Waals surface area contributed by atoms with Gasteiger partial charge in [0, 0.05) is 31.7 Å². The Labute approximate surface area is 145 Å². The molecule has 0 aliphatic rings. The van der Waals surface area contributed by atoms with Crippen LogP contribution in [0.4, 0.5) is 5.69 Å². The minimum Gasteiger partial charge on any atom is -0.384 e. The fourth-order valence-electron chi connectivity index (χ4n) is 2.91. The van der Waals surface area contributed by atoms with Gasteiger partial charge in [0.15, 0.2) is 0 Å². The van der Waals surface area contributed by atoms with Gasteiger partial charge in [0.2, 0.25) is 5.91 Å². The zero-order valence-corrected chi connectivity index (χ0v) is 15.0. The molecule has 0 heterocycles. The summed E-state index contributed by atoms with van der Waals surface area (Å²) in [5, 5.41) is 3.46. The summed E-state index contributed by atoms with van der Waals surface area (Å²) in [6, 6.07) is 16.5. The molecule has 0 aliphatic carbocycles. The number of amides is 1. The molecule has 2 aromatic rings. The van der Waals surface area contributed by atoms with E-state index in [9.17, 15) is 4.79 Å². The second-order valence-corrected chi connectivity index (χ2v) is 6.03. The largest absolute Gasteiger partial charge is 0.384 e. The molecule has 128 valence electrons. The first-order valence-electron chi connectivity index (χ1n) is 8.79. The smallest absolute Gasteiger partial charge is 0.224 e. The quantitative estimate of drug-likeness (QED) is 0.780. The number of anilines is 1. The number of para-hydroxylation sites is 1. The zero-order chi connectivity index (χ0) is 17.4. The van der Waals surface area contributed by atoms with Gasteiger partial charge in [-0.15, -0.1) is 0 Å². The number of nitrogens with one attached hydrogen (secondary N) is 1. The Hall–Kier alpha value is -2.29. The lowest BCUT2D eigenvalue weighted by molar-refractivity contribution is -0.131. The van der Waals surface area contributed by atoms with Crippen LogP contribution in [0.3, 0.4) is 0 Å². The van der Waals surface area contributed by atoms with Crippen LogP contribution in [0.1, 0.15) is 37.0 Å². The summed E-state index contributed by atoms with van der Waals surface area (Å²) in [5.74, 6) is 0.195. The van der Waals surface area contributed by atoms with E-state index in [2.05, 4.69) is 49.5 Å². The van der Waals surface area contributed by atoms with Crippen molar-refractivity contribution >= 4 is 11.6 Å². The average Bonchev–Trinajstić information content (AvgIpc) is 2.61. The Morgan fingerprint density at radius 2 is 1.79 bits per heavy atom. The first kappa shape index (κ1) is 18.1. The molecule has 3 heteroatoms. The maximum atomic E-state index is 12.5. The fraction of sp³-hybridized carbons (Fsp3) is 0.381. The fourth-order valence-corrected chi connectivity index (χ4v) is 2.91. The summed E-state index contributed by atoms with van der Waals surface area (Å²) >= 11 is 0. The molecule has 0 radical (unpaired) electrons. The van der Waals surface area contributed by atoms with Crippen LogP contribution in [-0.2, 0) is 17.8 Å². The van der Waals surface area contributed by atoms with Crippen LogP contribution in [0.5, 0.6) is 0 Å². The standard InChI is InChI=1S/C21H28N2O/c1-4-19-13-9-10-17(3)21(19)22-15-14-20(24)23(5-2)16-18-11-7-6-8-12-18/h6-13,22H,4-5,14-16H2,1-3H3. The highest BCUT2D eigenvalue weighted by molar-refractivity contribution is 5.76. The van der Waals surface area contributed by atoms with Gasteiger partial charge in [-0.1, -0.05) is 55.5 Å². The average molecular weight is 324 g/mol. The third-order valence-electron chi connectivity index (χ3n) is 4.33. The van der Waals surface area contributed by atoms with Crippen molar-refractivity contribution in [1.82, 2.24) is 4.90 Å². The highest BCUT2D eigenvalue weighted by Crippen LogP contribution is 2.21. The third-order valence-corrected chi connectivity index (χ3v) is 4.33. The third kappa shape index (κ3) is 4.85. The van der Waals surface area contributed by atoms with Crippen LogP contribution < -0.4 is 5.32 Å². The van der Waals surface area contributed by atoms with Gasteiger partial charge in [-0.25, -0.2) is 0 Å². The first-order chi connectivity index (χ1) is 11.7. The molecule has 0 unspecified atom stereocenters. The van der Waals surface area contributed by atoms with Gasteiger partial charge in [-0.3, -0.25) is 4.79 Å². The molecule has 2 rings (SSSR count). The van der Waals surface area contributed by atoms with Gasteiger partial charge < -0.3 is 10.2 Å². The van der Waals surface area contributed by atoms with Crippen LogP contribution >= 0.6 is 0 Å². The highest BCUT2D eigenvalue weighted by Gasteiger charge is 2.12. The first-order valence-corrected chi connectivity index (χ1v) is 8.79. The molecule has 0 aliphatic heterocycles. The Bertz CT molecular complexity index is 652. The molecule has 0 fully saturated rings. The van der Waals surface area contributed by atoms with E-state index in [0.29, 0.717) is 19.5 Å². The molecule has 1 amide bonds. The molecule has 1 N–H and O–H groups in total. The van der Waals surface area contributed by atoms with Crippen molar-refractivity contribution in [2.24, 2.45) is 0 Å². The molecule has 2 aromatic carbocycles. The molecule has 3 nitrogen and oxygen atoms in total. The van der Waals surface area contributed by atoms with Gasteiger partial charge >= 0.3 is 0 Å². The second kappa shape index (κ2) is 9.11. The van der Waals surface area contributed by atoms with Crippen LogP contribution in [0.2, 0.25) is 0 Å². The van der Waals surface area contributed by atoms with Gasteiger partial charge in [0.05, 0.1) is 0 Å². The van der Waals surface area contributed by atoms with E-state index >= 15 is 0 Å². The van der Waals surface area contributed by atoms with E-state index in [1.165, 1.54) is 22.4 Å². The number of rotatable bonds is 8. The summed E-state index contributed by atoms with van der Waals surface area (Å²) in [6.45, 7) is 8.38. The topological polar surface area (TPSA) is 32.3 Å². The molecule has 0 saturated carbocycles. The number of nitrogens with zero attached hydrogens (tertiary/aromatic N) is 1. The number of hydrogen-bond acceptors (Lipinski definition) is 2. The van der Waals surface area contributed by atoms with Crippen molar-refractivity contribution in [3.8, 4) is 0 Å². The van der Waals surface area contributed by atoms with E-state index < -0.39 is 0 Å². The van der Waals surface area contributed by atoms with Crippen LogP contribution in [0.25, 0.3) is 0 Å². The number of carbonyl (C=O) groups excluding carboxylic acids is 1. The van der Waals surface area contributed by atoms with Crippen molar-refractivity contribution in [3.63, 3.8) is 0 Å². The summed E-state index contributed by atoms with van der Waals surface area (Å²) < 4.78 is 0. The Balaban J connectivity index is 1.90. The Morgan fingerprint density at radius 3 is 2.46 bits per heavy atom. The van der Waals surface area contributed by atoms with Crippen LogP contribution in [-0.4, -0.2) is 23.9 Å². The van der Waals surface area contributed by atoms with Crippen molar-refractivity contribution in [3.05, 3.63) is 65.2 Å². The number of hydrogen-bond donors (Lipinski definition) is 1. The normalized spacial score (nSPS) is 10.5. The lowest BCUT2D eigenvalue weighted by atomic mass is 10.1. The number of benzene rings is 2. The molecule has 0 bridgehead atoms. The lowest BCUT2D eigenvalue weighted by Gasteiger charge is -2.22. The molecule has 0 aromatic heterocycles. The monoisotopic (exact) mass is 324 g/mol. The molecule has 0 atom stereocenters. The minimum absolute atomic E-state index is 0.195. The van der Waals surface area contributed by atoms with Gasteiger partial charge in [-0.05, 0) is 37.0 Å². The number of aryl methyl sites for hydroxylation is 2. The van der Waals surface area contributed by atoms with E-state index in [-0.39, 0.29) is 5.91 Å². The zero-order valence-electron chi connectivity index (χ0n) is 15.0. The van der Waals surface area contributed by atoms with Crippen molar-refractivity contribution in [2.45, 2.75) is 40.2 Å². The minimum atomic E-state index is 0.195. The summed E-state index contributed by atoms with van der Waals surface area (Å²) in [4.78, 5) is 14.4. The molecule has 0 spiro atoms. The SMILES string of the molecule is CCc1cccc(C)c1NCCC(=O)N(CC)Cc1ccccc1. The highest BCUT2D eigenvalue weighted by atomic mass is 16.2. The van der Waals surface area contributed by atoms with Crippen molar-refractivity contribution in [1.29, 1.82) is 0 Å². The van der Waals surface area contributed by atoms with Gasteiger partial charge in [0.1, 0.15) is 0 Å². The Kier molecular flexibility index (Phi) is 6.86. The molecular weight excluding hydrogens is 296 g/mol. The maximum absolute atomic E-state index is 12.5. The second-order valence-electron chi connectivity index (χ2n) is 6.03. The van der Waals surface area contributed by atoms with E-state index in [4.69, 9.17) is 0 Å². The summed E-state index contributed by atoms with van der Waals surface area (Å²) in [6.07, 6.45) is 1.51. The van der Waals surface area contributed by atoms with Gasteiger partial charge in [0.25, 0.3) is 0 Å². The molecule has 0 saturated heterocycles. The predicted molar refractivity (Wildman–Crippen MR) is 101 cm³/mol. The van der Waals surface area contributed by atoms with Gasteiger partial charge in [-0.2, -0.15) is 0 Å². The van der Waals surface area contributed by atoms with Crippen LogP contribution in [0, 0.1) is 6.92 Å². The van der Waals surface area contributed by atoms with E-state index in [1.807, 2.05) is 30.0 Å². The maximum Gasteiger partial charge on any atom is 0.224 e. The van der Waals surface area contributed by atoms with E-state index in [1.54, 1.807) is 0 Å². The van der Waals surface area contributed by atoms with Crippen molar-refractivity contribution in [2.75, 3.05) is 18.4 Å². The summed E-state index contributed by atoms with van der Waals surface area (Å²) in [7, 11) is 0. The lowest BCUT2D eigenvalue weighted by Crippen LogP contribution is -2.31. The molecule has 24 heavy (non-hydrogen) atoms. The predicted octanol–water partition coefficient (Wildman–Crippen LogP) is 4.41. The Morgan fingerprint density at radius 1 is 1.04 bits per heavy atom. The number of carbonyl (C=O) groups is 1. The molecular formula is C21H28N2O. The van der Waals surface area contributed by atoms with Crippen LogP contribution in [0.15, 0.2) is 48.5 Å². The summed E-state index contributed by atoms with van der Waals surface area (Å²) in [5.41, 5.74) is 4.89.